The van der Waals surface area contributed by atoms with E-state index in [0.717, 1.165) is 6.42 Å². The SMILES string of the molecule is C=CCC(C)O[SiH](CCC)CCC. The molecule has 0 aliphatic heterocycles. The van der Waals surface area contributed by atoms with Gasteiger partial charge in [-0.1, -0.05) is 32.8 Å². The fourth-order valence-electron chi connectivity index (χ4n) is 1.54. The van der Waals surface area contributed by atoms with Crippen molar-refractivity contribution < 1.29 is 4.43 Å². The average Bonchev–Trinajstić information content (AvgIpc) is 2.05. The summed E-state index contributed by atoms with van der Waals surface area (Å²) in [5, 5.41) is 0. The van der Waals surface area contributed by atoms with Crippen LogP contribution in [0.15, 0.2) is 12.7 Å². The molecule has 2 heteroatoms. The molecule has 0 heterocycles. The van der Waals surface area contributed by atoms with Gasteiger partial charge in [-0.2, -0.15) is 0 Å². The molecule has 1 nitrogen and oxygen atoms in total. The predicted octanol–water partition coefficient (Wildman–Crippen LogP) is 3.51. The van der Waals surface area contributed by atoms with Crippen molar-refractivity contribution in [2.24, 2.45) is 0 Å². The van der Waals surface area contributed by atoms with Crippen LogP contribution in [0.2, 0.25) is 12.1 Å². The van der Waals surface area contributed by atoms with E-state index in [1.54, 1.807) is 0 Å². The summed E-state index contributed by atoms with van der Waals surface area (Å²) >= 11 is 0. The number of hydrogen-bond donors (Lipinski definition) is 0. The summed E-state index contributed by atoms with van der Waals surface area (Å²) < 4.78 is 6.04. The lowest BCUT2D eigenvalue weighted by atomic mass is 10.3. The van der Waals surface area contributed by atoms with Gasteiger partial charge in [0, 0.05) is 6.10 Å². The molecule has 0 aromatic heterocycles. The lowest BCUT2D eigenvalue weighted by Gasteiger charge is -2.19. The Labute approximate surface area is 84.9 Å². The lowest BCUT2D eigenvalue weighted by molar-refractivity contribution is 0.223. The molecule has 0 amide bonds. The highest BCUT2D eigenvalue weighted by atomic mass is 28.3. The quantitative estimate of drug-likeness (QED) is 0.430. The Morgan fingerprint density at radius 2 is 1.85 bits per heavy atom. The van der Waals surface area contributed by atoms with Crippen molar-refractivity contribution in [3.8, 4) is 0 Å². The van der Waals surface area contributed by atoms with Crippen LogP contribution in [-0.2, 0) is 4.43 Å². The van der Waals surface area contributed by atoms with E-state index >= 15 is 0 Å². The largest absolute Gasteiger partial charge is 0.417 e. The molecule has 0 bridgehead atoms. The Kier molecular flexibility index (Phi) is 8.46. The molecular weight excluding hydrogens is 176 g/mol. The van der Waals surface area contributed by atoms with Crippen molar-refractivity contribution in [3.05, 3.63) is 12.7 Å². The van der Waals surface area contributed by atoms with Gasteiger partial charge in [0.25, 0.3) is 0 Å². The fraction of sp³-hybridized carbons (Fsp3) is 0.818. The first-order valence-corrected chi connectivity index (χ1v) is 7.61. The van der Waals surface area contributed by atoms with Crippen LogP contribution in [0, 0.1) is 0 Å². The van der Waals surface area contributed by atoms with Crippen LogP contribution in [0.5, 0.6) is 0 Å². The van der Waals surface area contributed by atoms with Crippen molar-refractivity contribution in [3.63, 3.8) is 0 Å². The normalized spacial score (nSPS) is 13.2. The minimum Gasteiger partial charge on any atom is -0.417 e. The molecule has 1 atom stereocenters. The zero-order chi connectivity index (χ0) is 10.1. The van der Waals surface area contributed by atoms with E-state index in [-0.39, 0.29) is 0 Å². The topological polar surface area (TPSA) is 9.23 Å². The second-order valence-electron chi connectivity index (χ2n) is 3.67. The Bertz CT molecular complexity index is 119. The molecule has 0 aromatic carbocycles. The van der Waals surface area contributed by atoms with Gasteiger partial charge < -0.3 is 4.43 Å². The summed E-state index contributed by atoms with van der Waals surface area (Å²) in [5.41, 5.74) is 0. The van der Waals surface area contributed by atoms with E-state index in [1.807, 2.05) is 6.08 Å². The van der Waals surface area contributed by atoms with Crippen LogP contribution in [0.3, 0.4) is 0 Å². The van der Waals surface area contributed by atoms with Gasteiger partial charge in [0.05, 0.1) is 0 Å². The smallest absolute Gasteiger partial charge is 0.177 e. The third-order valence-electron chi connectivity index (χ3n) is 2.14. The second-order valence-corrected chi connectivity index (χ2v) is 6.34. The van der Waals surface area contributed by atoms with Gasteiger partial charge in [0.2, 0.25) is 0 Å². The van der Waals surface area contributed by atoms with Crippen LogP contribution in [0.25, 0.3) is 0 Å². The van der Waals surface area contributed by atoms with Crippen LogP contribution in [0.1, 0.15) is 40.0 Å². The molecule has 0 aliphatic carbocycles. The monoisotopic (exact) mass is 200 g/mol. The molecule has 0 aliphatic rings. The summed E-state index contributed by atoms with van der Waals surface area (Å²) in [5.74, 6) is 0. The molecule has 0 aromatic rings. The zero-order valence-corrected chi connectivity index (χ0v) is 10.5. The molecule has 78 valence electrons. The maximum absolute atomic E-state index is 6.04. The van der Waals surface area contributed by atoms with Crippen LogP contribution in [-0.4, -0.2) is 15.1 Å². The Hall–Kier alpha value is -0.0831. The number of hydrogen-bond acceptors (Lipinski definition) is 1. The third-order valence-corrected chi connectivity index (χ3v) is 5.44. The van der Waals surface area contributed by atoms with Gasteiger partial charge in [0.1, 0.15) is 0 Å². The van der Waals surface area contributed by atoms with Gasteiger partial charge in [-0.3, -0.25) is 0 Å². The van der Waals surface area contributed by atoms with Crippen molar-refractivity contribution in [2.75, 3.05) is 0 Å². The number of rotatable bonds is 8. The van der Waals surface area contributed by atoms with Crippen molar-refractivity contribution in [2.45, 2.75) is 58.2 Å². The van der Waals surface area contributed by atoms with Crippen molar-refractivity contribution in [1.29, 1.82) is 0 Å². The molecule has 0 saturated heterocycles. The summed E-state index contributed by atoms with van der Waals surface area (Å²) in [7, 11) is -0.871. The maximum Gasteiger partial charge on any atom is 0.177 e. The molecular formula is C11H24OSi. The summed E-state index contributed by atoms with van der Waals surface area (Å²) in [4.78, 5) is 0. The van der Waals surface area contributed by atoms with Gasteiger partial charge in [-0.05, 0) is 25.4 Å². The first-order chi connectivity index (χ1) is 6.24. The highest BCUT2D eigenvalue weighted by Crippen LogP contribution is 2.11. The van der Waals surface area contributed by atoms with Gasteiger partial charge in [-0.15, -0.1) is 6.58 Å². The predicted molar refractivity (Wildman–Crippen MR) is 62.7 cm³/mol. The summed E-state index contributed by atoms with van der Waals surface area (Å²) in [6.45, 7) is 10.4. The van der Waals surface area contributed by atoms with Crippen molar-refractivity contribution in [1.82, 2.24) is 0 Å². The second kappa shape index (κ2) is 8.51. The minimum absolute atomic E-state index is 0.396. The molecule has 0 saturated carbocycles. The minimum atomic E-state index is -0.871. The first-order valence-electron chi connectivity index (χ1n) is 5.50. The van der Waals surface area contributed by atoms with Crippen LogP contribution in [0.4, 0.5) is 0 Å². The lowest BCUT2D eigenvalue weighted by Crippen LogP contribution is -2.23. The van der Waals surface area contributed by atoms with E-state index in [1.165, 1.54) is 24.9 Å². The van der Waals surface area contributed by atoms with E-state index in [0.29, 0.717) is 6.10 Å². The molecule has 0 rings (SSSR count). The highest BCUT2D eigenvalue weighted by Gasteiger charge is 2.12. The van der Waals surface area contributed by atoms with Crippen molar-refractivity contribution >= 4 is 9.04 Å². The molecule has 13 heavy (non-hydrogen) atoms. The molecule has 0 spiro atoms. The Morgan fingerprint density at radius 1 is 1.31 bits per heavy atom. The van der Waals surface area contributed by atoms with E-state index in [4.69, 9.17) is 4.43 Å². The van der Waals surface area contributed by atoms with Crippen LogP contribution >= 0.6 is 0 Å². The standard InChI is InChI=1S/C11H24OSi/c1-5-8-11(4)12-13(9-6-2)10-7-3/h5,11,13H,1,6-10H2,2-4H3. The summed E-state index contributed by atoms with van der Waals surface area (Å²) in [6.07, 6.45) is 5.90. The van der Waals surface area contributed by atoms with E-state index in [9.17, 15) is 0 Å². The van der Waals surface area contributed by atoms with E-state index in [2.05, 4.69) is 27.4 Å². The van der Waals surface area contributed by atoms with Gasteiger partial charge in [0.15, 0.2) is 9.04 Å². The molecule has 0 N–H and O–H groups in total. The molecule has 0 fully saturated rings. The fourth-order valence-corrected chi connectivity index (χ4v) is 4.16. The molecule has 1 unspecified atom stereocenters. The Morgan fingerprint density at radius 3 is 2.23 bits per heavy atom. The summed E-state index contributed by atoms with van der Waals surface area (Å²) in [6, 6.07) is 2.66. The third kappa shape index (κ3) is 7.02. The van der Waals surface area contributed by atoms with Gasteiger partial charge >= 0.3 is 0 Å². The highest BCUT2D eigenvalue weighted by molar-refractivity contribution is 6.51. The Balaban J connectivity index is 3.70. The average molecular weight is 200 g/mol. The zero-order valence-electron chi connectivity index (χ0n) is 9.38. The van der Waals surface area contributed by atoms with Crippen LogP contribution < -0.4 is 0 Å². The first kappa shape index (κ1) is 12.9. The molecule has 0 radical (unpaired) electrons. The maximum atomic E-state index is 6.04. The van der Waals surface area contributed by atoms with Gasteiger partial charge in [-0.25, -0.2) is 0 Å². The van der Waals surface area contributed by atoms with E-state index < -0.39 is 9.04 Å².